The van der Waals surface area contributed by atoms with E-state index in [9.17, 15) is 4.79 Å². The third-order valence-corrected chi connectivity index (χ3v) is 2.88. The second-order valence-electron chi connectivity index (χ2n) is 4.35. The van der Waals surface area contributed by atoms with Crippen LogP contribution in [-0.4, -0.2) is 21.0 Å². The van der Waals surface area contributed by atoms with E-state index in [0.29, 0.717) is 5.75 Å². The lowest BCUT2D eigenvalue weighted by molar-refractivity contribution is 0.0693. The first-order valence-electron chi connectivity index (χ1n) is 5.78. The van der Waals surface area contributed by atoms with E-state index in [1.807, 2.05) is 32.9 Å². The SMILES string of the molecule is Cc1cc(C)c(C)c(Oc2ncncc2C(=O)O)c1. The molecule has 0 unspecified atom stereocenters. The molecule has 5 nitrogen and oxygen atoms in total. The number of aromatic nitrogens is 2. The van der Waals surface area contributed by atoms with Gasteiger partial charge in [0.05, 0.1) is 0 Å². The molecule has 1 aromatic heterocycles. The van der Waals surface area contributed by atoms with Crippen LogP contribution in [0.1, 0.15) is 27.0 Å². The molecule has 0 bridgehead atoms. The number of carbonyl (C=O) groups is 1. The Morgan fingerprint density at radius 1 is 1.26 bits per heavy atom. The Morgan fingerprint density at radius 2 is 2.00 bits per heavy atom. The molecule has 0 saturated heterocycles. The highest BCUT2D eigenvalue weighted by atomic mass is 16.5. The van der Waals surface area contributed by atoms with Crippen molar-refractivity contribution in [3.63, 3.8) is 0 Å². The molecule has 0 amide bonds. The first kappa shape index (κ1) is 13.0. The molecule has 1 N–H and O–H groups in total. The predicted molar refractivity (Wildman–Crippen MR) is 69.7 cm³/mol. The first-order chi connectivity index (χ1) is 8.99. The number of hydrogen-bond acceptors (Lipinski definition) is 4. The number of benzene rings is 1. The van der Waals surface area contributed by atoms with Crippen LogP contribution in [0.3, 0.4) is 0 Å². The lowest BCUT2D eigenvalue weighted by atomic mass is 10.1. The second kappa shape index (κ2) is 5.06. The van der Waals surface area contributed by atoms with Crippen LogP contribution in [-0.2, 0) is 0 Å². The summed E-state index contributed by atoms with van der Waals surface area (Å²) in [6.07, 6.45) is 2.49. The lowest BCUT2D eigenvalue weighted by Gasteiger charge is -2.12. The number of hydrogen-bond donors (Lipinski definition) is 1. The summed E-state index contributed by atoms with van der Waals surface area (Å²) in [6.45, 7) is 5.86. The largest absolute Gasteiger partial charge is 0.477 e. The maximum atomic E-state index is 11.1. The fraction of sp³-hybridized carbons (Fsp3) is 0.214. The smallest absolute Gasteiger partial charge is 0.342 e. The topological polar surface area (TPSA) is 72.3 Å². The molecular weight excluding hydrogens is 244 g/mol. The number of rotatable bonds is 3. The van der Waals surface area contributed by atoms with Gasteiger partial charge in [-0.15, -0.1) is 0 Å². The van der Waals surface area contributed by atoms with Crippen LogP contribution >= 0.6 is 0 Å². The first-order valence-corrected chi connectivity index (χ1v) is 5.78. The van der Waals surface area contributed by atoms with Crippen LogP contribution in [0.15, 0.2) is 24.7 Å². The molecule has 0 aliphatic carbocycles. The molecule has 19 heavy (non-hydrogen) atoms. The van der Waals surface area contributed by atoms with Gasteiger partial charge in [-0.25, -0.2) is 14.8 Å². The van der Waals surface area contributed by atoms with Crippen molar-refractivity contribution in [1.82, 2.24) is 9.97 Å². The van der Waals surface area contributed by atoms with E-state index in [0.717, 1.165) is 16.7 Å². The molecule has 0 aliphatic heterocycles. The number of carboxylic acids is 1. The number of aromatic carboxylic acids is 1. The fourth-order valence-corrected chi connectivity index (χ4v) is 1.76. The Labute approximate surface area is 110 Å². The summed E-state index contributed by atoms with van der Waals surface area (Å²) < 4.78 is 5.63. The Balaban J connectivity index is 2.45. The summed E-state index contributed by atoms with van der Waals surface area (Å²) in [6, 6.07) is 3.90. The van der Waals surface area contributed by atoms with Crippen molar-refractivity contribution in [2.24, 2.45) is 0 Å². The zero-order valence-electron chi connectivity index (χ0n) is 11.0. The number of carboxylic acid groups (broad SMARTS) is 1. The van der Waals surface area contributed by atoms with Crippen molar-refractivity contribution in [2.45, 2.75) is 20.8 Å². The van der Waals surface area contributed by atoms with E-state index < -0.39 is 5.97 Å². The van der Waals surface area contributed by atoms with Gasteiger partial charge < -0.3 is 9.84 Å². The highest BCUT2D eigenvalue weighted by Gasteiger charge is 2.15. The normalized spacial score (nSPS) is 10.3. The third-order valence-electron chi connectivity index (χ3n) is 2.88. The molecule has 2 rings (SSSR count). The lowest BCUT2D eigenvalue weighted by Crippen LogP contribution is -2.03. The van der Waals surface area contributed by atoms with Crippen molar-refractivity contribution in [2.75, 3.05) is 0 Å². The summed E-state index contributed by atoms with van der Waals surface area (Å²) in [4.78, 5) is 18.6. The van der Waals surface area contributed by atoms with E-state index in [1.165, 1.54) is 12.5 Å². The molecule has 0 radical (unpaired) electrons. The Hall–Kier alpha value is -2.43. The van der Waals surface area contributed by atoms with Crippen LogP contribution in [0, 0.1) is 20.8 Å². The maximum Gasteiger partial charge on any atom is 0.342 e. The molecule has 0 spiro atoms. The van der Waals surface area contributed by atoms with Crippen LogP contribution in [0.2, 0.25) is 0 Å². The summed E-state index contributed by atoms with van der Waals surface area (Å²) in [5, 5.41) is 9.06. The van der Waals surface area contributed by atoms with Gasteiger partial charge in [0.15, 0.2) is 0 Å². The van der Waals surface area contributed by atoms with E-state index in [-0.39, 0.29) is 11.4 Å². The van der Waals surface area contributed by atoms with Crippen molar-refractivity contribution < 1.29 is 14.6 Å². The summed E-state index contributed by atoms with van der Waals surface area (Å²) in [7, 11) is 0. The number of aryl methyl sites for hydroxylation is 2. The van der Waals surface area contributed by atoms with Gasteiger partial charge in [0.25, 0.3) is 0 Å². The molecule has 1 heterocycles. The Morgan fingerprint density at radius 3 is 2.68 bits per heavy atom. The number of ether oxygens (including phenoxy) is 1. The van der Waals surface area contributed by atoms with Gasteiger partial charge in [0.1, 0.15) is 17.6 Å². The average Bonchev–Trinajstić information content (AvgIpc) is 2.35. The molecular formula is C14H14N2O3. The highest BCUT2D eigenvalue weighted by molar-refractivity contribution is 5.89. The fourth-order valence-electron chi connectivity index (χ4n) is 1.76. The van der Waals surface area contributed by atoms with Gasteiger partial charge in [-0.3, -0.25) is 0 Å². The molecule has 1 aromatic carbocycles. The highest BCUT2D eigenvalue weighted by Crippen LogP contribution is 2.28. The van der Waals surface area contributed by atoms with Crippen LogP contribution in [0.4, 0.5) is 0 Å². The quantitative estimate of drug-likeness (QED) is 0.916. The van der Waals surface area contributed by atoms with Gasteiger partial charge in [-0.05, 0) is 43.5 Å². The van der Waals surface area contributed by atoms with Crippen molar-refractivity contribution in [1.29, 1.82) is 0 Å². The van der Waals surface area contributed by atoms with Crippen LogP contribution in [0.5, 0.6) is 11.6 Å². The standard InChI is InChI=1S/C14H14N2O3/c1-8-4-9(2)10(3)12(5-8)19-13-11(14(17)18)6-15-7-16-13/h4-7H,1-3H3,(H,17,18). The molecule has 0 atom stereocenters. The van der Waals surface area contributed by atoms with E-state index in [1.54, 1.807) is 0 Å². The minimum absolute atomic E-state index is 0.0515. The van der Waals surface area contributed by atoms with Crippen LogP contribution < -0.4 is 4.74 Å². The van der Waals surface area contributed by atoms with Gasteiger partial charge >= 0.3 is 5.97 Å². The minimum Gasteiger partial charge on any atom is -0.477 e. The monoisotopic (exact) mass is 258 g/mol. The van der Waals surface area contributed by atoms with Gasteiger partial charge in [-0.2, -0.15) is 0 Å². The average molecular weight is 258 g/mol. The van der Waals surface area contributed by atoms with E-state index in [4.69, 9.17) is 9.84 Å². The summed E-state index contributed by atoms with van der Waals surface area (Å²) >= 11 is 0. The molecule has 0 aliphatic rings. The van der Waals surface area contributed by atoms with Crippen molar-refractivity contribution in [3.05, 3.63) is 46.9 Å². The Kier molecular flexibility index (Phi) is 3.46. The third kappa shape index (κ3) is 2.70. The Bertz CT molecular complexity index is 639. The summed E-state index contributed by atoms with van der Waals surface area (Å²) in [5.41, 5.74) is 3.03. The maximum absolute atomic E-state index is 11.1. The van der Waals surface area contributed by atoms with Crippen LogP contribution in [0.25, 0.3) is 0 Å². The molecule has 98 valence electrons. The molecule has 0 saturated carbocycles. The van der Waals surface area contributed by atoms with Crippen molar-refractivity contribution >= 4 is 5.97 Å². The zero-order chi connectivity index (χ0) is 14.0. The summed E-state index contributed by atoms with van der Waals surface area (Å²) in [5.74, 6) is -0.452. The molecule has 0 fully saturated rings. The van der Waals surface area contributed by atoms with Gasteiger partial charge in [0.2, 0.25) is 5.88 Å². The van der Waals surface area contributed by atoms with E-state index >= 15 is 0 Å². The van der Waals surface area contributed by atoms with Crippen molar-refractivity contribution in [3.8, 4) is 11.6 Å². The minimum atomic E-state index is -1.11. The zero-order valence-corrected chi connectivity index (χ0v) is 11.0. The van der Waals surface area contributed by atoms with Gasteiger partial charge in [0, 0.05) is 6.20 Å². The van der Waals surface area contributed by atoms with Gasteiger partial charge in [-0.1, -0.05) is 6.07 Å². The van der Waals surface area contributed by atoms with E-state index in [2.05, 4.69) is 9.97 Å². The number of nitrogens with zero attached hydrogens (tertiary/aromatic N) is 2. The molecule has 2 aromatic rings. The predicted octanol–water partition coefficient (Wildman–Crippen LogP) is 2.89. The molecule has 5 heteroatoms. The second-order valence-corrected chi connectivity index (χ2v) is 4.35.